The molecule has 1 heterocycles. The molecule has 4 rings (SSSR count). The number of amides is 1. The van der Waals surface area contributed by atoms with Crippen LogP contribution in [0.1, 0.15) is 10.4 Å². The van der Waals surface area contributed by atoms with E-state index in [-0.39, 0.29) is 22.2 Å². The second-order valence-electron chi connectivity index (χ2n) is 6.33. The maximum Gasteiger partial charge on any atom is 0.347 e. The molecule has 0 aliphatic heterocycles. The molecule has 0 fully saturated rings. The molecule has 0 bridgehead atoms. The summed E-state index contributed by atoms with van der Waals surface area (Å²) in [5.74, 6) is -0.0867. The molecule has 1 aromatic heterocycles. The Morgan fingerprint density at radius 1 is 1.07 bits per heavy atom. The van der Waals surface area contributed by atoms with Gasteiger partial charge in [-0.25, -0.2) is 9.78 Å². The minimum atomic E-state index is -0.483. The molecule has 0 spiro atoms. The van der Waals surface area contributed by atoms with Crippen LogP contribution in [0.15, 0.2) is 69.9 Å². The zero-order chi connectivity index (χ0) is 21.3. The highest BCUT2D eigenvalue weighted by molar-refractivity contribution is 6.36. The number of methoxy groups -OCH3 is 1. The lowest BCUT2D eigenvalue weighted by Crippen LogP contribution is -2.13. The summed E-state index contributed by atoms with van der Waals surface area (Å²) >= 11 is 12.1. The third-order valence-corrected chi connectivity index (χ3v) is 4.86. The summed E-state index contributed by atoms with van der Waals surface area (Å²) in [7, 11) is 1.42. The zero-order valence-electron chi connectivity index (χ0n) is 15.6. The van der Waals surface area contributed by atoms with E-state index in [9.17, 15) is 9.59 Å². The Labute approximate surface area is 181 Å². The first-order valence-corrected chi connectivity index (χ1v) is 9.56. The molecule has 8 heteroatoms. The van der Waals surface area contributed by atoms with Gasteiger partial charge in [-0.05, 0) is 42.5 Å². The van der Waals surface area contributed by atoms with E-state index >= 15 is 0 Å². The molecule has 4 aromatic rings. The Morgan fingerprint density at radius 2 is 1.87 bits per heavy atom. The molecular formula is C22H14Cl2N2O4. The van der Waals surface area contributed by atoms with Crippen LogP contribution in [0.3, 0.4) is 0 Å². The number of carbonyl (C=O) groups excluding carboxylic acids is 1. The summed E-state index contributed by atoms with van der Waals surface area (Å²) in [6.45, 7) is 0. The smallest absolute Gasteiger partial charge is 0.347 e. The molecule has 6 nitrogen and oxygen atoms in total. The maximum atomic E-state index is 12.8. The van der Waals surface area contributed by atoms with Crippen LogP contribution < -0.4 is 15.7 Å². The minimum absolute atomic E-state index is 0.151. The Kier molecular flexibility index (Phi) is 5.44. The first-order chi connectivity index (χ1) is 14.5. The van der Waals surface area contributed by atoms with Gasteiger partial charge >= 0.3 is 5.63 Å². The Hall–Kier alpha value is -3.35. The summed E-state index contributed by atoms with van der Waals surface area (Å²) in [5.41, 5.74) is 1.23. The molecular weight excluding hydrogens is 427 g/mol. The van der Waals surface area contributed by atoms with Crippen LogP contribution >= 0.6 is 23.2 Å². The van der Waals surface area contributed by atoms with Crippen LogP contribution in [-0.2, 0) is 0 Å². The van der Waals surface area contributed by atoms with Crippen molar-refractivity contribution in [1.29, 1.82) is 0 Å². The van der Waals surface area contributed by atoms with Crippen LogP contribution in [-0.4, -0.2) is 18.0 Å². The highest BCUT2D eigenvalue weighted by Crippen LogP contribution is 2.33. The number of nitrogens with one attached hydrogen (secondary N) is 1. The van der Waals surface area contributed by atoms with Crippen molar-refractivity contribution in [2.24, 2.45) is 0 Å². The molecule has 0 unspecified atom stereocenters. The van der Waals surface area contributed by atoms with Gasteiger partial charge in [-0.1, -0.05) is 41.4 Å². The molecule has 1 amide bonds. The average Bonchev–Trinajstić information content (AvgIpc) is 2.73. The normalized spacial score (nSPS) is 10.8. The van der Waals surface area contributed by atoms with Crippen molar-refractivity contribution >= 4 is 45.7 Å². The standard InChI is InChI=1S/C22H14Cl2N2O4/c1-29-19-16(10-13(23)11-17(19)24)20(27)25-14-6-4-5-12(9-14)21-26-18-8-3-2-7-15(18)22(28)30-21/h2-11H,1H3,(H,25,27). The molecule has 0 aliphatic rings. The van der Waals surface area contributed by atoms with Crippen LogP contribution in [0.2, 0.25) is 10.0 Å². The highest BCUT2D eigenvalue weighted by Gasteiger charge is 2.17. The predicted octanol–water partition coefficient (Wildman–Crippen LogP) is 5.42. The number of ether oxygens (including phenoxy) is 1. The quantitative estimate of drug-likeness (QED) is 0.457. The van der Waals surface area contributed by atoms with Crippen molar-refractivity contribution in [2.45, 2.75) is 0 Å². The van der Waals surface area contributed by atoms with E-state index in [2.05, 4.69) is 10.3 Å². The molecule has 0 saturated carbocycles. The molecule has 0 radical (unpaired) electrons. The van der Waals surface area contributed by atoms with E-state index in [0.29, 0.717) is 27.2 Å². The number of para-hydroxylation sites is 1. The number of fused-ring (bicyclic) bond motifs is 1. The number of hydrogen-bond acceptors (Lipinski definition) is 5. The van der Waals surface area contributed by atoms with Crippen molar-refractivity contribution < 1.29 is 13.9 Å². The molecule has 30 heavy (non-hydrogen) atoms. The summed E-state index contributed by atoms with van der Waals surface area (Å²) in [6, 6.07) is 16.7. The van der Waals surface area contributed by atoms with Gasteiger partial charge in [-0.3, -0.25) is 4.79 Å². The van der Waals surface area contributed by atoms with Crippen LogP contribution in [0.4, 0.5) is 5.69 Å². The van der Waals surface area contributed by atoms with Gasteiger partial charge in [0.15, 0.2) is 0 Å². The van der Waals surface area contributed by atoms with E-state index in [4.69, 9.17) is 32.4 Å². The fraction of sp³-hybridized carbons (Fsp3) is 0.0455. The second kappa shape index (κ2) is 8.18. The SMILES string of the molecule is COc1c(Cl)cc(Cl)cc1C(=O)Nc1cccc(-c2nc3ccccc3c(=O)o2)c1. The van der Waals surface area contributed by atoms with Gasteiger partial charge in [0.2, 0.25) is 5.89 Å². The topological polar surface area (TPSA) is 81.4 Å². The molecule has 0 aliphatic carbocycles. The van der Waals surface area contributed by atoms with Crippen molar-refractivity contribution in [2.75, 3.05) is 12.4 Å². The first kappa shape index (κ1) is 19.9. The summed E-state index contributed by atoms with van der Waals surface area (Å²) in [4.78, 5) is 29.4. The average molecular weight is 441 g/mol. The van der Waals surface area contributed by atoms with E-state index in [0.717, 1.165) is 0 Å². The number of nitrogens with zero attached hydrogens (tertiary/aromatic N) is 1. The van der Waals surface area contributed by atoms with Gasteiger partial charge in [0.25, 0.3) is 5.91 Å². The summed E-state index contributed by atoms with van der Waals surface area (Å²) in [6.07, 6.45) is 0. The number of halogens is 2. The summed E-state index contributed by atoms with van der Waals surface area (Å²) < 4.78 is 10.6. The van der Waals surface area contributed by atoms with Gasteiger partial charge < -0.3 is 14.5 Å². The predicted molar refractivity (Wildman–Crippen MR) is 117 cm³/mol. The lowest BCUT2D eigenvalue weighted by Gasteiger charge is -2.12. The van der Waals surface area contributed by atoms with Gasteiger partial charge in [0.05, 0.1) is 28.6 Å². The van der Waals surface area contributed by atoms with Gasteiger partial charge in [-0.15, -0.1) is 0 Å². The maximum absolute atomic E-state index is 12.8. The minimum Gasteiger partial charge on any atom is -0.494 e. The molecule has 1 N–H and O–H groups in total. The number of benzene rings is 3. The van der Waals surface area contributed by atoms with E-state index in [1.54, 1.807) is 48.5 Å². The third-order valence-electron chi connectivity index (χ3n) is 4.36. The monoisotopic (exact) mass is 440 g/mol. The second-order valence-corrected chi connectivity index (χ2v) is 7.17. The molecule has 150 valence electrons. The Balaban J connectivity index is 1.68. The van der Waals surface area contributed by atoms with Crippen molar-refractivity contribution in [1.82, 2.24) is 4.98 Å². The third kappa shape index (κ3) is 3.87. The fourth-order valence-electron chi connectivity index (χ4n) is 3.01. The van der Waals surface area contributed by atoms with Crippen LogP contribution in [0.25, 0.3) is 22.4 Å². The summed E-state index contributed by atoms with van der Waals surface area (Å²) in [5, 5.41) is 3.70. The van der Waals surface area contributed by atoms with Crippen molar-refractivity contribution in [3.05, 3.63) is 86.7 Å². The Bertz CT molecular complexity index is 1330. The molecule has 0 saturated heterocycles. The lowest BCUT2D eigenvalue weighted by molar-refractivity contribution is 0.102. The number of carbonyl (C=O) groups is 1. The first-order valence-electron chi connectivity index (χ1n) is 8.81. The lowest BCUT2D eigenvalue weighted by atomic mass is 10.1. The molecule has 3 aromatic carbocycles. The van der Waals surface area contributed by atoms with E-state index in [1.807, 2.05) is 0 Å². The van der Waals surface area contributed by atoms with Crippen LogP contribution in [0.5, 0.6) is 5.75 Å². The van der Waals surface area contributed by atoms with Gasteiger partial charge in [-0.2, -0.15) is 0 Å². The van der Waals surface area contributed by atoms with Crippen LogP contribution in [0, 0.1) is 0 Å². The van der Waals surface area contributed by atoms with Gasteiger partial charge in [0, 0.05) is 16.3 Å². The van der Waals surface area contributed by atoms with Crippen molar-refractivity contribution in [3.63, 3.8) is 0 Å². The zero-order valence-corrected chi connectivity index (χ0v) is 17.1. The number of aromatic nitrogens is 1. The number of hydrogen-bond donors (Lipinski definition) is 1. The highest BCUT2D eigenvalue weighted by atomic mass is 35.5. The Morgan fingerprint density at radius 3 is 2.67 bits per heavy atom. The molecule has 0 atom stereocenters. The van der Waals surface area contributed by atoms with Crippen molar-refractivity contribution in [3.8, 4) is 17.2 Å². The van der Waals surface area contributed by atoms with E-state index < -0.39 is 11.5 Å². The van der Waals surface area contributed by atoms with Gasteiger partial charge in [0.1, 0.15) is 5.75 Å². The fourth-order valence-corrected chi connectivity index (χ4v) is 3.58. The van der Waals surface area contributed by atoms with E-state index in [1.165, 1.54) is 19.2 Å². The number of rotatable bonds is 4. The number of anilines is 1. The largest absolute Gasteiger partial charge is 0.494 e.